The van der Waals surface area contributed by atoms with Gasteiger partial charge in [0.1, 0.15) is 5.82 Å². The van der Waals surface area contributed by atoms with Gasteiger partial charge < -0.3 is 5.73 Å². The molecular weight excluding hydrogens is 160 g/mol. The van der Waals surface area contributed by atoms with Crippen molar-refractivity contribution >= 4 is 18.0 Å². The molecule has 13 heavy (non-hydrogen) atoms. The lowest BCUT2D eigenvalue weighted by molar-refractivity contribution is 1.25. The summed E-state index contributed by atoms with van der Waals surface area (Å²) in [5, 5.41) is 0. The number of anilines is 1. The van der Waals surface area contributed by atoms with Crippen LogP contribution < -0.4 is 5.73 Å². The third-order valence-corrected chi connectivity index (χ3v) is 2.15. The van der Waals surface area contributed by atoms with Crippen molar-refractivity contribution in [3.63, 3.8) is 0 Å². The van der Waals surface area contributed by atoms with Crippen LogP contribution in [0.5, 0.6) is 0 Å². The third-order valence-electron chi connectivity index (χ3n) is 2.15. The number of hydrogen-bond acceptors (Lipinski definition) is 2. The molecule has 2 nitrogen and oxygen atoms in total. The van der Waals surface area contributed by atoms with Gasteiger partial charge in [0.05, 0.1) is 5.69 Å². The van der Waals surface area contributed by atoms with Crippen LogP contribution in [0.25, 0.3) is 12.2 Å². The first-order valence-corrected chi connectivity index (χ1v) is 4.37. The summed E-state index contributed by atoms with van der Waals surface area (Å²) in [6.45, 7) is 2.06. The molecule has 2 heteroatoms. The van der Waals surface area contributed by atoms with Crippen molar-refractivity contribution in [2.45, 2.75) is 13.3 Å². The maximum atomic E-state index is 5.66. The molecule has 1 aromatic rings. The second-order valence-electron chi connectivity index (χ2n) is 3.20. The highest BCUT2D eigenvalue weighted by atomic mass is 14.8. The van der Waals surface area contributed by atoms with E-state index in [-0.39, 0.29) is 0 Å². The van der Waals surface area contributed by atoms with Crippen molar-refractivity contribution in [1.29, 1.82) is 0 Å². The molecule has 0 unspecified atom stereocenters. The smallest absolute Gasteiger partial charge is 0.124 e. The van der Waals surface area contributed by atoms with Crippen LogP contribution in [0.4, 0.5) is 5.82 Å². The Morgan fingerprint density at radius 1 is 1.31 bits per heavy atom. The Balaban J connectivity index is 2.67. The van der Waals surface area contributed by atoms with E-state index in [2.05, 4.69) is 30.1 Å². The second-order valence-corrected chi connectivity index (χ2v) is 3.20. The predicted octanol–water partition coefficient (Wildman–Crippen LogP) is 2.40. The van der Waals surface area contributed by atoms with E-state index in [1.807, 2.05) is 12.1 Å². The fourth-order valence-electron chi connectivity index (χ4n) is 1.52. The molecule has 1 aromatic heterocycles. The van der Waals surface area contributed by atoms with E-state index in [0.29, 0.717) is 5.82 Å². The molecule has 0 aliphatic heterocycles. The van der Waals surface area contributed by atoms with Crippen LogP contribution in [0.2, 0.25) is 0 Å². The Morgan fingerprint density at radius 3 is 2.92 bits per heavy atom. The lowest BCUT2D eigenvalue weighted by atomic mass is 10.1. The SMILES string of the molecule is Cc1cc(N)nc2c1C=CCC=C2. The predicted molar refractivity (Wildman–Crippen MR) is 56.1 cm³/mol. The van der Waals surface area contributed by atoms with Crippen LogP contribution in [-0.4, -0.2) is 4.98 Å². The molecule has 2 N–H and O–H groups in total. The molecule has 0 bridgehead atoms. The number of aryl methyl sites for hydroxylation is 1. The maximum absolute atomic E-state index is 5.66. The molecular formula is C11H12N2. The summed E-state index contributed by atoms with van der Waals surface area (Å²) in [5.74, 6) is 0.594. The minimum Gasteiger partial charge on any atom is -0.384 e. The van der Waals surface area contributed by atoms with E-state index in [1.54, 1.807) is 0 Å². The molecule has 0 spiro atoms. The minimum atomic E-state index is 0.594. The second kappa shape index (κ2) is 3.05. The van der Waals surface area contributed by atoms with Gasteiger partial charge in [-0.3, -0.25) is 0 Å². The molecule has 0 fully saturated rings. The van der Waals surface area contributed by atoms with E-state index >= 15 is 0 Å². The first-order valence-electron chi connectivity index (χ1n) is 4.37. The van der Waals surface area contributed by atoms with Gasteiger partial charge in [-0.05, 0) is 31.1 Å². The minimum absolute atomic E-state index is 0.594. The van der Waals surface area contributed by atoms with Gasteiger partial charge in [-0.25, -0.2) is 4.98 Å². The van der Waals surface area contributed by atoms with E-state index in [9.17, 15) is 0 Å². The van der Waals surface area contributed by atoms with Crippen LogP contribution in [0.15, 0.2) is 18.2 Å². The molecule has 0 saturated heterocycles. The summed E-state index contributed by atoms with van der Waals surface area (Å²) in [5.41, 5.74) is 9.01. The molecule has 1 aliphatic carbocycles. The highest BCUT2D eigenvalue weighted by Gasteiger charge is 2.04. The van der Waals surface area contributed by atoms with Crippen molar-refractivity contribution in [3.8, 4) is 0 Å². The quantitative estimate of drug-likeness (QED) is 0.652. The van der Waals surface area contributed by atoms with Crippen LogP contribution in [0.3, 0.4) is 0 Å². The normalized spacial score (nSPS) is 13.9. The monoisotopic (exact) mass is 172 g/mol. The van der Waals surface area contributed by atoms with Crippen molar-refractivity contribution in [3.05, 3.63) is 35.0 Å². The Kier molecular flexibility index (Phi) is 1.89. The van der Waals surface area contributed by atoms with Crippen LogP contribution in [0.1, 0.15) is 23.2 Å². The molecule has 1 heterocycles. The zero-order valence-corrected chi connectivity index (χ0v) is 7.62. The number of pyridine rings is 1. The van der Waals surface area contributed by atoms with Crippen LogP contribution in [0, 0.1) is 6.92 Å². The summed E-state index contributed by atoms with van der Waals surface area (Å²) in [4.78, 5) is 4.27. The zero-order valence-electron chi connectivity index (χ0n) is 7.62. The highest BCUT2D eigenvalue weighted by Crippen LogP contribution is 2.20. The fourth-order valence-corrected chi connectivity index (χ4v) is 1.52. The molecule has 0 saturated carbocycles. The van der Waals surface area contributed by atoms with Gasteiger partial charge in [-0.1, -0.05) is 18.2 Å². The first-order chi connectivity index (χ1) is 6.27. The van der Waals surface area contributed by atoms with Crippen molar-refractivity contribution in [2.24, 2.45) is 0 Å². The Hall–Kier alpha value is -1.57. The summed E-state index contributed by atoms with van der Waals surface area (Å²) >= 11 is 0. The number of fused-ring (bicyclic) bond motifs is 1. The molecule has 0 aromatic carbocycles. The summed E-state index contributed by atoms with van der Waals surface area (Å²) in [6, 6.07) is 1.91. The summed E-state index contributed by atoms with van der Waals surface area (Å²) in [7, 11) is 0. The highest BCUT2D eigenvalue weighted by molar-refractivity contribution is 5.68. The van der Waals surface area contributed by atoms with Gasteiger partial charge in [-0.15, -0.1) is 0 Å². The van der Waals surface area contributed by atoms with E-state index < -0.39 is 0 Å². The standard InChI is InChI=1S/C11H12N2/c1-8-7-11(12)13-10-6-4-2-3-5-9(8)10/h3-7H,2H2,1H3,(H2,12,13). The molecule has 0 radical (unpaired) electrons. The van der Waals surface area contributed by atoms with Crippen LogP contribution in [-0.2, 0) is 0 Å². The van der Waals surface area contributed by atoms with Gasteiger partial charge >= 0.3 is 0 Å². The summed E-state index contributed by atoms with van der Waals surface area (Å²) < 4.78 is 0. The van der Waals surface area contributed by atoms with E-state index in [0.717, 1.165) is 12.1 Å². The largest absolute Gasteiger partial charge is 0.384 e. The van der Waals surface area contributed by atoms with E-state index in [1.165, 1.54) is 11.1 Å². The van der Waals surface area contributed by atoms with Gasteiger partial charge in [0.15, 0.2) is 0 Å². The fraction of sp³-hybridized carbons (Fsp3) is 0.182. The molecule has 2 rings (SSSR count). The molecule has 0 amide bonds. The lowest BCUT2D eigenvalue weighted by Crippen LogP contribution is -1.96. The number of aromatic nitrogens is 1. The number of hydrogen-bond donors (Lipinski definition) is 1. The molecule has 0 atom stereocenters. The van der Waals surface area contributed by atoms with Gasteiger partial charge in [0.2, 0.25) is 0 Å². The lowest BCUT2D eigenvalue weighted by Gasteiger charge is -2.05. The van der Waals surface area contributed by atoms with Gasteiger partial charge in [0, 0.05) is 5.56 Å². The van der Waals surface area contributed by atoms with Crippen molar-refractivity contribution < 1.29 is 0 Å². The maximum Gasteiger partial charge on any atom is 0.124 e. The number of nitrogen functional groups attached to an aromatic ring is 1. The van der Waals surface area contributed by atoms with Crippen LogP contribution >= 0.6 is 0 Å². The Labute approximate surface area is 77.8 Å². The van der Waals surface area contributed by atoms with Gasteiger partial charge in [0.25, 0.3) is 0 Å². The van der Waals surface area contributed by atoms with Crippen molar-refractivity contribution in [2.75, 3.05) is 5.73 Å². The summed E-state index contributed by atoms with van der Waals surface area (Å²) in [6.07, 6.45) is 9.33. The molecule has 66 valence electrons. The van der Waals surface area contributed by atoms with E-state index in [4.69, 9.17) is 5.73 Å². The average Bonchev–Trinajstić information content (AvgIpc) is 2.28. The topological polar surface area (TPSA) is 38.9 Å². The molecule has 1 aliphatic rings. The zero-order chi connectivity index (χ0) is 9.26. The number of nitrogens with zero attached hydrogens (tertiary/aromatic N) is 1. The third kappa shape index (κ3) is 1.47. The first kappa shape index (κ1) is 8.05. The number of rotatable bonds is 0. The van der Waals surface area contributed by atoms with Gasteiger partial charge in [-0.2, -0.15) is 0 Å². The van der Waals surface area contributed by atoms with Crippen molar-refractivity contribution in [1.82, 2.24) is 4.98 Å². The Morgan fingerprint density at radius 2 is 2.08 bits per heavy atom. The number of allylic oxidation sites excluding steroid dienone is 2. The average molecular weight is 172 g/mol. The Bertz CT molecular complexity index is 389. The number of nitrogens with two attached hydrogens (primary N) is 1.